The van der Waals surface area contributed by atoms with Crippen LogP contribution in [0.15, 0.2) is 17.1 Å². The average molecular weight is 458 g/mol. The monoisotopic (exact) mass is 458 g/mol. The molecule has 6 atom stereocenters. The maximum absolute atomic E-state index is 14.4. The van der Waals surface area contributed by atoms with Crippen LogP contribution in [-0.2, 0) is 28.7 Å². The molecule has 5 N–H and O–H groups in total. The zero-order valence-electron chi connectivity index (χ0n) is 15.2. The first-order valence-corrected chi connectivity index (χ1v) is 10.6. The Balaban J connectivity index is 1.86. The van der Waals surface area contributed by atoms with Crippen LogP contribution in [-0.4, -0.2) is 62.8 Å². The lowest BCUT2D eigenvalue weighted by molar-refractivity contribution is -0.470. The summed E-state index contributed by atoms with van der Waals surface area (Å²) in [6, 6.07) is 0.134. The van der Waals surface area contributed by atoms with E-state index < -0.39 is 55.0 Å². The number of alkyl halides is 1. The van der Waals surface area contributed by atoms with Crippen LogP contribution >= 0.6 is 19.5 Å². The van der Waals surface area contributed by atoms with Gasteiger partial charge in [0.05, 0.1) is 19.0 Å². The van der Waals surface area contributed by atoms with Crippen molar-refractivity contribution in [3.63, 3.8) is 0 Å². The van der Waals surface area contributed by atoms with Gasteiger partial charge in [-0.2, -0.15) is 4.98 Å². The molecule has 2 heterocycles. The largest absolute Gasteiger partial charge is 0.468 e. The second kappa shape index (κ2) is 9.95. The number of aromatic nitrogens is 2. The van der Waals surface area contributed by atoms with Gasteiger partial charge in [-0.3, -0.25) is 9.36 Å². The fourth-order valence-electron chi connectivity index (χ4n) is 2.34. The zero-order valence-corrected chi connectivity index (χ0v) is 16.9. The van der Waals surface area contributed by atoms with E-state index >= 15 is 0 Å². The lowest BCUT2D eigenvalue weighted by Gasteiger charge is -2.16. The van der Waals surface area contributed by atoms with Crippen molar-refractivity contribution in [2.45, 2.75) is 35.9 Å². The second-order valence-corrected chi connectivity index (χ2v) is 8.67. The van der Waals surface area contributed by atoms with E-state index in [4.69, 9.17) is 5.73 Å². The van der Waals surface area contributed by atoms with Crippen LogP contribution < -0.4 is 16.5 Å². The maximum atomic E-state index is 14.4. The maximum Gasteiger partial charge on any atom is 0.433 e. The summed E-state index contributed by atoms with van der Waals surface area (Å²) in [5.74, 6) is -0.846. The van der Waals surface area contributed by atoms with Gasteiger partial charge in [-0.15, -0.1) is 16.4 Å². The molecule has 29 heavy (non-hydrogen) atoms. The third-order valence-electron chi connectivity index (χ3n) is 3.74. The van der Waals surface area contributed by atoms with Crippen molar-refractivity contribution in [1.29, 1.82) is 0 Å². The van der Waals surface area contributed by atoms with Gasteiger partial charge in [-0.05, 0) is 13.0 Å². The molecule has 1 saturated heterocycles. The van der Waals surface area contributed by atoms with Gasteiger partial charge >= 0.3 is 19.4 Å². The van der Waals surface area contributed by atoms with Crippen LogP contribution in [0.4, 0.5) is 10.2 Å². The molecule has 1 fully saturated rings. The second-order valence-electron chi connectivity index (χ2n) is 5.86. The number of aliphatic hydroxyl groups is 1. The van der Waals surface area contributed by atoms with Crippen molar-refractivity contribution < 1.29 is 43.1 Å². The first-order chi connectivity index (χ1) is 13.6. The zero-order chi connectivity index (χ0) is 21.8. The lowest BCUT2D eigenvalue weighted by atomic mass is 10.1. The third-order valence-corrected chi connectivity index (χ3v) is 6.25. The molecule has 1 aliphatic heterocycles. The number of thioether (sulfide) groups is 1. The van der Waals surface area contributed by atoms with Crippen LogP contribution in [0.3, 0.4) is 0 Å². The van der Waals surface area contributed by atoms with Gasteiger partial charge in [0.1, 0.15) is 23.3 Å². The molecular formula is C13H20FN4O9PS. The topological polar surface area (TPSA) is 184 Å². The Bertz CT molecular complexity index is 830. The highest BCUT2D eigenvalue weighted by Gasteiger charge is 2.45. The lowest BCUT2D eigenvalue weighted by Crippen LogP contribution is -2.34. The molecule has 0 aromatic carbocycles. The number of nitrogen functional groups attached to an aromatic ring is 1. The van der Waals surface area contributed by atoms with E-state index in [1.807, 2.05) is 5.09 Å². The highest BCUT2D eigenvalue weighted by atomic mass is 32.2. The third kappa shape index (κ3) is 6.20. The molecule has 13 nitrogen and oxygen atoms in total. The highest BCUT2D eigenvalue weighted by Crippen LogP contribution is 2.43. The Morgan fingerprint density at radius 3 is 2.90 bits per heavy atom. The van der Waals surface area contributed by atoms with Gasteiger partial charge in [-0.25, -0.2) is 23.7 Å². The van der Waals surface area contributed by atoms with Crippen LogP contribution in [0.2, 0.25) is 0 Å². The minimum Gasteiger partial charge on any atom is -0.468 e. The van der Waals surface area contributed by atoms with Crippen LogP contribution in [0.25, 0.3) is 0 Å². The van der Waals surface area contributed by atoms with E-state index in [9.17, 15) is 28.5 Å². The summed E-state index contributed by atoms with van der Waals surface area (Å²) in [5, 5.41) is 14.1. The predicted molar refractivity (Wildman–Crippen MR) is 96.8 cm³/mol. The quantitative estimate of drug-likeness (QED) is 0.119. The Kier molecular flexibility index (Phi) is 8.13. The van der Waals surface area contributed by atoms with Gasteiger partial charge in [-0.1, -0.05) is 5.04 Å². The summed E-state index contributed by atoms with van der Waals surface area (Å²) in [7, 11) is -3.49. The van der Waals surface area contributed by atoms with Gasteiger partial charge < -0.3 is 20.5 Å². The fraction of sp³-hybridized carbons (Fsp3) is 0.615. The van der Waals surface area contributed by atoms with Gasteiger partial charge in [0.15, 0.2) is 6.17 Å². The number of hydrogen-bond acceptors (Lipinski definition) is 11. The number of anilines is 1. The molecule has 1 aromatic rings. The fourth-order valence-corrected chi connectivity index (χ4v) is 4.51. The van der Waals surface area contributed by atoms with Gasteiger partial charge in [0.2, 0.25) is 0 Å². The van der Waals surface area contributed by atoms with E-state index in [2.05, 4.69) is 24.3 Å². The molecule has 1 aliphatic rings. The van der Waals surface area contributed by atoms with E-state index in [1.54, 1.807) is 0 Å². The standard InChI is InChI=1S/C13H20FN4O9PS/c1-6(12(20)24-2)17-28(22,23)27-26-25-5-7-10(19)9(14)11(29-7)18-4-3-8(15)16-13(18)21/h3-4,6-7,9-11,19H,5H2,1-2H3,(H2,15,16,21)(H2,17,22,23)/t6-,7+,9-,10+,11+/m0/s1. The first kappa shape index (κ1) is 23.7. The molecule has 0 aliphatic carbocycles. The summed E-state index contributed by atoms with van der Waals surface area (Å²) in [5.41, 5.74) is 4.60. The number of rotatable bonds is 9. The number of carbonyl (C=O) groups is 1. The molecule has 0 amide bonds. The molecule has 1 unspecified atom stereocenters. The molecule has 1 aromatic heterocycles. The molecule has 0 saturated carbocycles. The number of methoxy groups -OCH3 is 1. The highest BCUT2D eigenvalue weighted by molar-refractivity contribution is 8.00. The number of halogens is 1. The molecule has 0 radical (unpaired) electrons. The Hall–Kier alpha value is -1.58. The summed E-state index contributed by atoms with van der Waals surface area (Å²) in [6.45, 7) is 0.798. The van der Waals surface area contributed by atoms with E-state index in [0.29, 0.717) is 0 Å². The van der Waals surface area contributed by atoms with Crippen molar-refractivity contribution in [2.75, 3.05) is 19.5 Å². The average Bonchev–Trinajstić information content (AvgIpc) is 2.92. The number of ether oxygens (including phenoxy) is 1. The SMILES string of the molecule is COC(=O)[C@H](C)NP(=O)(O)OOOC[C@H]1S[C@@H](n2ccc(N)nc2=O)[C@@H](F)[C@@H]1O. The van der Waals surface area contributed by atoms with Crippen molar-refractivity contribution in [3.05, 3.63) is 22.7 Å². The number of nitrogens with one attached hydrogen (secondary N) is 1. The summed E-state index contributed by atoms with van der Waals surface area (Å²) >= 11 is 0.864. The molecule has 2 rings (SSSR count). The summed E-state index contributed by atoms with van der Waals surface area (Å²) in [4.78, 5) is 40.6. The van der Waals surface area contributed by atoms with E-state index in [-0.39, 0.29) is 5.82 Å². The van der Waals surface area contributed by atoms with Crippen LogP contribution in [0, 0.1) is 0 Å². The van der Waals surface area contributed by atoms with Crippen molar-refractivity contribution >= 4 is 31.3 Å². The number of carbonyl (C=O) groups excluding carboxylic acids is 1. The number of hydrogen-bond donors (Lipinski definition) is 4. The molecular weight excluding hydrogens is 438 g/mol. The van der Waals surface area contributed by atoms with Crippen molar-refractivity contribution in [3.8, 4) is 0 Å². The Morgan fingerprint density at radius 1 is 1.59 bits per heavy atom. The normalized spacial score (nSPS) is 27.3. The molecule has 164 valence electrons. The molecule has 0 bridgehead atoms. The number of nitrogens with two attached hydrogens (primary N) is 1. The first-order valence-electron chi connectivity index (χ1n) is 8.04. The Morgan fingerprint density at radius 2 is 2.28 bits per heavy atom. The van der Waals surface area contributed by atoms with Crippen LogP contribution in [0.1, 0.15) is 12.3 Å². The minimum atomic E-state index is -4.58. The summed E-state index contributed by atoms with van der Waals surface area (Å²) < 4.78 is 35.6. The smallest absolute Gasteiger partial charge is 0.433 e. The molecule has 16 heteroatoms. The number of nitrogens with zero attached hydrogens (tertiary/aromatic N) is 2. The van der Waals surface area contributed by atoms with Crippen LogP contribution in [0.5, 0.6) is 0 Å². The minimum absolute atomic E-state index is 0.0285. The van der Waals surface area contributed by atoms with Gasteiger partial charge in [0, 0.05) is 6.20 Å². The molecule has 0 spiro atoms. The number of aliphatic hydroxyl groups excluding tert-OH is 1. The predicted octanol–water partition coefficient (Wildman–Crippen LogP) is -0.730. The van der Waals surface area contributed by atoms with E-state index in [1.165, 1.54) is 19.2 Å². The number of esters is 1. The van der Waals surface area contributed by atoms with E-state index in [0.717, 1.165) is 23.4 Å². The van der Waals surface area contributed by atoms with Gasteiger partial charge in [0.25, 0.3) is 0 Å². The summed E-state index contributed by atoms with van der Waals surface area (Å²) in [6.07, 6.45) is -2.11. The van der Waals surface area contributed by atoms with Crippen molar-refractivity contribution in [2.24, 2.45) is 0 Å². The Labute approximate surface area is 167 Å². The van der Waals surface area contributed by atoms with Crippen molar-refractivity contribution in [1.82, 2.24) is 14.6 Å².